The van der Waals surface area contributed by atoms with Crippen molar-refractivity contribution in [3.8, 4) is 22.3 Å². The van der Waals surface area contributed by atoms with Gasteiger partial charge < -0.3 is 0 Å². The van der Waals surface area contributed by atoms with Gasteiger partial charge >= 0.3 is 0 Å². The summed E-state index contributed by atoms with van der Waals surface area (Å²) in [5.41, 5.74) is 14.3. The third-order valence-corrected chi connectivity index (χ3v) is 9.57. The van der Waals surface area contributed by atoms with Gasteiger partial charge in [-0.25, -0.2) is 5.84 Å². The second-order valence-corrected chi connectivity index (χ2v) is 12.0. The van der Waals surface area contributed by atoms with Crippen molar-refractivity contribution in [2.75, 3.05) is 5.01 Å². The molecule has 2 N–H and O–H groups in total. The van der Waals surface area contributed by atoms with E-state index >= 15 is 0 Å². The fourth-order valence-corrected chi connectivity index (χ4v) is 7.57. The molecular formula is C40H32N2. The number of anilines is 2. The first-order valence-corrected chi connectivity index (χ1v) is 14.7. The highest BCUT2D eigenvalue weighted by Gasteiger charge is 2.46. The Morgan fingerprint density at radius 1 is 0.429 bits per heavy atom. The van der Waals surface area contributed by atoms with E-state index in [0.29, 0.717) is 0 Å². The third kappa shape index (κ3) is 3.30. The predicted molar refractivity (Wildman–Crippen MR) is 174 cm³/mol. The van der Waals surface area contributed by atoms with E-state index in [4.69, 9.17) is 5.84 Å². The van der Waals surface area contributed by atoms with Crippen molar-refractivity contribution in [1.29, 1.82) is 0 Å². The molecule has 0 saturated carbocycles. The molecule has 2 aliphatic rings. The van der Waals surface area contributed by atoms with Crippen LogP contribution in [-0.2, 0) is 10.8 Å². The monoisotopic (exact) mass is 540 g/mol. The van der Waals surface area contributed by atoms with Crippen LogP contribution in [0.4, 0.5) is 11.4 Å². The highest BCUT2D eigenvalue weighted by molar-refractivity contribution is 5.88. The lowest BCUT2D eigenvalue weighted by atomic mass is 9.67. The van der Waals surface area contributed by atoms with Gasteiger partial charge in [0.05, 0.1) is 16.8 Å². The molecule has 0 aliphatic heterocycles. The Bertz CT molecular complexity index is 1930. The van der Waals surface area contributed by atoms with Crippen LogP contribution in [0.5, 0.6) is 0 Å². The molecule has 2 nitrogen and oxygen atoms in total. The summed E-state index contributed by atoms with van der Waals surface area (Å²) >= 11 is 0. The maximum absolute atomic E-state index is 7.00. The van der Waals surface area contributed by atoms with Gasteiger partial charge in [-0.05, 0) is 79.9 Å². The second-order valence-electron chi connectivity index (χ2n) is 12.0. The maximum atomic E-state index is 7.00. The van der Waals surface area contributed by atoms with Crippen LogP contribution in [0, 0.1) is 0 Å². The van der Waals surface area contributed by atoms with E-state index < -0.39 is 5.41 Å². The topological polar surface area (TPSA) is 29.3 Å². The molecule has 202 valence electrons. The summed E-state index contributed by atoms with van der Waals surface area (Å²) in [5.74, 6) is 7.00. The standard InChI is InChI=1S/C40H32N2/c1-39(2)35-19-11-9-17-31(35)33-23-21-29(25-37(33)39)42(41)30-22-24-34-32-18-10-12-20-36(32)40(38(34)26-30,27-13-5-3-6-14-27)28-15-7-4-8-16-28/h3-26H,41H2,1-2H3. The average Bonchev–Trinajstić information content (AvgIpc) is 3.47. The lowest BCUT2D eigenvalue weighted by Crippen LogP contribution is -2.30. The highest BCUT2D eigenvalue weighted by atomic mass is 15.4. The summed E-state index contributed by atoms with van der Waals surface area (Å²) in [5, 5.41) is 1.85. The van der Waals surface area contributed by atoms with Crippen molar-refractivity contribution in [2.24, 2.45) is 5.84 Å². The highest BCUT2D eigenvalue weighted by Crippen LogP contribution is 2.57. The summed E-state index contributed by atoms with van der Waals surface area (Å²) < 4.78 is 0. The van der Waals surface area contributed by atoms with Crippen LogP contribution in [0.15, 0.2) is 146 Å². The Kier molecular flexibility index (Phi) is 5.35. The molecule has 0 fully saturated rings. The van der Waals surface area contributed by atoms with Gasteiger partial charge in [-0.15, -0.1) is 0 Å². The summed E-state index contributed by atoms with van der Waals surface area (Å²) in [4.78, 5) is 0. The van der Waals surface area contributed by atoms with E-state index in [-0.39, 0.29) is 5.41 Å². The molecule has 8 rings (SSSR count). The number of hydrogen-bond donors (Lipinski definition) is 1. The Morgan fingerprint density at radius 2 is 0.857 bits per heavy atom. The summed E-state index contributed by atoms with van der Waals surface area (Å²) in [7, 11) is 0. The summed E-state index contributed by atoms with van der Waals surface area (Å²) in [6.07, 6.45) is 0. The van der Waals surface area contributed by atoms with Crippen LogP contribution >= 0.6 is 0 Å². The number of hydrazine groups is 1. The number of fused-ring (bicyclic) bond motifs is 6. The lowest BCUT2D eigenvalue weighted by molar-refractivity contribution is 0.660. The number of benzene rings is 6. The molecule has 0 heterocycles. The van der Waals surface area contributed by atoms with Crippen molar-refractivity contribution in [1.82, 2.24) is 0 Å². The minimum atomic E-state index is -0.452. The zero-order valence-electron chi connectivity index (χ0n) is 23.9. The number of nitrogens with zero attached hydrogens (tertiary/aromatic N) is 1. The van der Waals surface area contributed by atoms with Crippen molar-refractivity contribution >= 4 is 11.4 Å². The first-order valence-electron chi connectivity index (χ1n) is 14.7. The van der Waals surface area contributed by atoms with Crippen LogP contribution < -0.4 is 10.9 Å². The van der Waals surface area contributed by atoms with Crippen molar-refractivity contribution < 1.29 is 0 Å². The third-order valence-electron chi connectivity index (χ3n) is 9.57. The van der Waals surface area contributed by atoms with Crippen LogP contribution in [0.25, 0.3) is 22.3 Å². The van der Waals surface area contributed by atoms with E-state index in [2.05, 4.69) is 159 Å². The van der Waals surface area contributed by atoms with Crippen molar-refractivity contribution in [2.45, 2.75) is 24.7 Å². The van der Waals surface area contributed by atoms with E-state index in [1.54, 1.807) is 0 Å². The van der Waals surface area contributed by atoms with Gasteiger partial charge in [-0.2, -0.15) is 0 Å². The van der Waals surface area contributed by atoms with Crippen LogP contribution in [0.3, 0.4) is 0 Å². The minimum Gasteiger partial charge on any atom is -0.280 e. The molecule has 2 aliphatic carbocycles. The van der Waals surface area contributed by atoms with Gasteiger partial charge in [0.1, 0.15) is 0 Å². The Balaban J connectivity index is 1.32. The zero-order valence-corrected chi connectivity index (χ0v) is 23.9. The van der Waals surface area contributed by atoms with Gasteiger partial charge in [-0.1, -0.05) is 135 Å². The van der Waals surface area contributed by atoms with Crippen molar-refractivity contribution in [3.63, 3.8) is 0 Å². The largest absolute Gasteiger partial charge is 0.280 e. The molecule has 6 aromatic carbocycles. The lowest BCUT2D eigenvalue weighted by Gasteiger charge is -2.34. The smallest absolute Gasteiger partial charge is 0.0714 e. The SMILES string of the molecule is CC1(C)c2ccccc2-c2ccc(N(N)c3ccc4c(c3)C(c3ccccc3)(c3ccccc3)c3ccccc3-4)cc21. The fourth-order valence-electron chi connectivity index (χ4n) is 7.57. The molecule has 0 amide bonds. The van der Waals surface area contributed by atoms with Gasteiger partial charge in [0, 0.05) is 5.41 Å². The molecule has 0 bridgehead atoms. The predicted octanol–water partition coefficient (Wildman–Crippen LogP) is 9.37. The fraction of sp³-hybridized carbons (Fsp3) is 0.100. The molecule has 2 heteroatoms. The molecular weight excluding hydrogens is 508 g/mol. The van der Waals surface area contributed by atoms with Gasteiger partial charge in [0.25, 0.3) is 0 Å². The molecule has 0 saturated heterocycles. The first-order chi connectivity index (χ1) is 20.5. The zero-order chi connectivity index (χ0) is 28.5. The van der Waals surface area contributed by atoms with Crippen molar-refractivity contribution in [3.05, 3.63) is 179 Å². The molecule has 0 unspecified atom stereocenters. The Morgan fingerprint density at radius 3 is 1.45 bits per heavy atom. The van der Waals surface area contributed by atoms with Gasteiger partial charge in [-0.3, -0.25) is 5.01 Å². The van der Waals surface area contributed by atoms with Gasteiger partial charge in [0.15, 0.2) is 0 Å². The number of hydrogen-bond acceptors (Lipinski definition) is 2. The normalized spacial score (nSPS) is 14.9. The quantitative estimate of drug-likeness (QED) is 0.178. The van der Waals surface area contributed by atoms with Crippen LogP contribution in [0.1, 0.15) is 47.2 Å². The number of nitrogens with two attached hydrogens (primary N) is 1. The van der Waals surface area contributed by atoms with E-state index in [9.17, 15) is 0 Å². The first kappa shape index (κ1) is 24.8. The summed E-state index contributed by atoms with van der Waals surface area (Å²) in [6.45, 7) is 4.62. The average molecular weight is 541 g/mol. The number of rotatable bonds is 4. The Hall–Kier alpha value is -4.92. The van der Waals surface area contributed by atoms with Crippen LogP contribution in [-0.4, -0.2) is 0 Å². The molecule has 0 atom stereocenters. The second kappa shape index (κ2) is 9.04. The molecule has 0 aromatic heterocycles. The maximum Gasteiger partial charge on any atom is 0.0714 e. The Labute approximate surface area is 247 Å². The van der Waals surface area contributed by atoms with E-state index in [1.165, 1.54) is 55.6 Å². The molecule has 0 radical (unpaired) electrons. The molecule has 6 aromatic rings. The van der Waals surface area contributed by atoms with Crippen LogP contribution in [0.2, 0.25) is 0 Å². The van der Waals surface area contributed by atoms with Gasteiger partial charge in [0.2, 0.25) is 0 Å². The minimum absolute atomic E-state index is 0.0852. The molecule has 0 spiro atoms. The summed E-state index contributed by atoms with van der Waals surface area (Å²) in [6, 6.07) is 52.8. The molecule has 42 heavy (non-hydrogen) atoms. The van der Waals surface area contributed by atoms with E-state index in [1.807, 2.05) is 5.01 Å². The van der Waals surface area contributed by atoms with E-state index in [0.717, 1.165) is 11.4 Å².